The third-order valence-electron chi connectivity index (χ3n) is 15.4. The van der Waals surface area contributed by atoms with Gasteiger partial charge in [0.05, 0.1) is 50.8 Å². The summed E-state index contributed by atoms with van der Waals surface area (Å²) in [4.78, 5) is 91.0. The van der Waals surface area contributed by atoms with Crippen LogP contribution in [-0.2, 0) is 35.1 Å². The highest BCUT2D eigenvalue weighted by Crippen LogP contribution is 2.37. The summed E-state index contributed by atoms with van der Waals surface area (Å²) in [6.07, 6.45) is 11.8. The lowest BCUT2D eigenvalue weighted by molar-refractivity contribution is -0.139. The second-order valence-electron chi connectivity index (χ2n) is 21.1. The van der Waals surface area contributed by atoms with Gasteiger partial charge >= 0.3 is 0 Å². The molecule has 2 saturated heterocycles. The van der Waals surface area contributed by atoms with Crippen LogP contribution in [0.5, 0.6) is 5.75 Å². The van der Waals surface area contributed by atoms with E-state index in [-0.39, 0.29) is 61.2 Å². The summed E-state index contributed by atoms with van der Waals surface area (Å²) >= 11 is 1.39. The summed E-state index contributed by atoms with van der Waals surface area (Å²) in [5.74, 6) is 0.298. The first kappa shape index (κ1) is 60.1. The number of likely N-dealkylation sites (N-methyl/N-ethyl adjacent to an activating group) is 1. The van der Waals surface area contributed by atoms with E-state index in [2.05, 4.69) is 41.1 Å². The minimum atomic E-state index is -0.590. The summed E-state index contributed by atoms with van der Waals surface area (Å²) in [6, 6.07) is 24.6. The van der Waals surface area contributed by atoms with E-state index in [0.29, 0.717) is 86.8 Å². The van der Waals surface area contributed by atoms with Gasteiger partial charge in [-0.3, -0.25) is 33.9 Å². The standard InChI is InChI=1S/C62H75N11O9S/c1-42-16-21-49(37-52(42)69-62-65-24-22-51(68-62)48-13-8-23-64-38-48)66-59(77)46-19-17-44(18-20-46)39-71-26-28-72(29-27-71)55(74)40-81-33-32-79-30-31-80-34-35-82-50-14-7-12-47(36-50)57(75)53-41-83-60(67-53)54-15-9-25-73(54)61(78)56(45-10-5-4-6-11-45)70-58(76)43(2)63-3/h7-8,12-14,16-24,36-38,41,43,45,54,56,63H,4-6,9-11,15,25-35,39-40H2,1-3H3,(H,66,77)(H,70,76)(H,65,68,69). The average Bonchev–Trinajstić information content (AvgIpc) is 4.46. The predicted octanol–water partition coefficient (Wildman–Crippen LogP) is 7.64. The van der Waals surface area contributed by atoms with Gasteiger partial charge in [0, 0.05) is 91.3 Å². The van der Waals surface area contributed by atoms with Gasteiger partial charge in [-0.2, -0.15) is 0 Å². The van der Waals surface area contributed by atoms with Gasteiger partial charge in [-0.25, -0.2) is 15.0 Å². The molecule has 3 unspecified atom stereocenters. The zero-order valence-electron chi connectivity index (χ0n) is 47.6. The number of hydrogen-bond acceptors (Lipinski definition) is 17. The van der Waals surface area contributed by atoms with Crippen molar-refractivity contribution in [3.05, 3.63) is 142 Å². The maximum absolute atomic E-state index is 14.2. The third kappa shape index (κ3) is 16.8. The molecule has 9 rings (SSSR count). The Balaban J connectivity index is 0.614. The molecule has 21 heteroatoms. The summed E-state index contributed by atoms with van der Waals surface area (Å²) < 4.78 is 22.9. The largest absolute Gasteiger partial charge is 0.491 e. The van der Waals surface area contributed by atoms with Gasteiger partial charge in [0.2, 0.25) is 29.5 Å². The van der Waals surface area contributed by atoms with E-state index in [9.17, 15) is 24.0 Å². The van der Waals surface area contributed by atoms with Crippen molar-refractivity contribution in [1.82, 2.24) is 45.3 Å². The molecule has 3 aromatic carbocycles. The normalized spacial score (nSPS) is 16.5. The number of nitrogens with one attached hydrogen (secondary N) is 4. The van der Waals surface area contributed by atoms with E-state index in [0.717, 1.165) is 91.1 Å². The number of ketones is 1. The number of thiazole rings is 1. The van der Waals surface area contributed by atoms with E-state index in [1.165, 1.54) is 11.3 Å². The summed E-state index contributed by atoms with van der Waals surface area (Å²) in [5, 5.41) is 14.8. The molecule has 4 amide bonds. The molecule has 0 spiro atoms. The quantitative estimate of drug-likeness (QED) is 0.0287. The molecule has 0 radical (unpaired) electrons. The van der Waals surface area contributed by atoms with Crippen molar-refractivity contribution < 1.29 is 42.9 Å². The van der Waals surface area contributed by atoms with Gasteiger partial charge in [0.15, 0.2) is 0 Å². The highest BCUT2D eigenvalue weighted by Gasteiger charge is 2.40. The van der Waals surface area contributed by atoms with Crippen molar-refractivity contribution >= 4 is 58.1 Å². The number of aryl methyl sites for hydroxylation is 1. The zero-order chi connectivity index (χ0) is 57.9. The number of likely N-dealkylation sites (tertiary alicyclic amines) is 1. The van der Waals surface area contributed by atoms with Crippen LogP contribution in [0.25, 0.3) is 11.3 Å². The highest BCUT2D eigenvalue weighted by atomic mass is 32.1. The molecule has 1 saturated carbocycles. The first-order valence-corrected chi connectivity index (χ1v) is 29.6. The fraction of sp³-hybridized carbons (Fsp3) is 0.435. The average molecular weight is 1150 g/mol. The lowest BCUT2D eigenvalue weighted by atomic mass is 9.83. The first-order chi connectivity index (χ1) is 40.5. The molecular weight excluding hydrogens is 1070 g/mol. The van der Waals surface area contributed by atoms with Crippen LogP contribution in [0.2, 0.25) is 0 Å². The number of pyridine rings is 1. The highest BCUT2D eigenvalue weighted by molar-refractivity contribution is 7.10. The molecule has 5 heterocycles. The molecule has 83 heavy (non-hydrogen) atoms. The SMILES string of the molecule is CNC(C)C(=O)NC(C(=O)N1CCCC1c1nc(C(=O)c2cccc(OCCOCCOCCOCC(=O)N3CCN(Cc4ccc(C(=O)Nc5ccc(C)c(Nc6nccc(-c7cccnc7)n6)c5)cc4)CC3)c2)cs1)C1CCCCC1. The lowest BCUT2D eigenvalue weighted by Crippen LogP contribution is -2.55. The number of carbonyl (C=O) groups excluding carboxylic acids is 5. The van der Waals surface area contributed by atoms with Crippen LogP contribution < -0.4 is 26.0 Å². The number of aromatic nitrogens is 4. The maximum atomic E-state index is 14.2. The Bertz CT molecular complexity index is 3120. The smallest absolute Gasteiger partial charge is 0.255 e. The van der Waals surface area contributed by atoms with Gasteiger partial charge in [-0.05, 0) is 118 Å². The maximum Gasteiger partial charge on any atom is 0.255 e. The summed E-state index contributed by atoms with van der Waals surface area (Å²) in [5.41, 5.74) is 6.39. The van der Waals surface area contributed by atoms with E-state index < -0.39 is 12.1 Å². The lowest BCUT2D eigenvalue weighted by Gasteiger charge is -2.35. The number of amides is 4. The van der Waals surface area contributed by atoms with E-state index in [1.807, 2.05) is 77.4 Å². The van der Waals surface area contributed by atoms with Crippen molar-refractivity contribution in [1.29, 1.82) is 0 Å². The Morgan fingerprint density at radius 1 is 0.759 bits per heavy atom. The molecule has 3 aliphatic rings. The number of benzene rings is 3. The zero-order valence-corrected chi connectivity index (χ0v) is 48.4. The number of rotatable bonds is 27. The van der Waals surface area contributed by atoms with Crippen LogP contribution in [0, 0.1) is 12.8 Å². The van der Waals surface area contributed by atoms with Crippen LogP contribution >= 0.6 is 11.3 Å². The Kier molecular flexibility index (Phi) is 21.8. The van der Waals surface area contributed by atoms with Crippen LogP contribution in [0.1, 0.15) is 100 Å². The molecule has 2 aliphatic heterocycles. The molecule has 3 atom stereocenters. The number of anilines is 3. The number of nitrogens with zero attached hydrogens (tertiary/aromatic N) is 7. The molecule has 6 aromatic rings. The second kappa shape index (κ2) is 30.1. The molecule has 438 valence electrons. The molecule has 3 fully saturated rings. The molecule has 4 N–H and O–H groups in total. The van der Waals surface area contributed by atoms with Crippen LogP contribution in [0.15, 0.2) is 109 Å². The fourth-order valence-corrected chi connectivity index (χ4v) is 11.4. The van der Waals surface area contributed by atoms with Gasteiger partial charge in [0.25, 0.3) is 5.91 Å². The van der Waals surface area contributed by atoms with Crippen LogP contribution in [-0.4, -0.2) is 162 Å². The number of carbonyl (C=O) groups is 5. The fourth-order valence-electron chi connectivity index (χ4n) is 10.5. The van der Waals surface area contributed by atoms with Crippen molar-refractivity contribution in [3.63, 3.8) is 0 Å². The molecule has 20 nitrogen and oxygen atoms in total. The predicted molar refractivity (Wildman–Crippen MR) is 317 cm³/mol. The number of piperazine rings is 1. The van der Waals surface area contributed by atoms with Gasteiger partial charge in [-0.15, -0.1) is 11.3 Å². The van der Waals surface area contributed by atoms with E-state index in [1.54, 1.807) is 62.2 Å². The van der Waals surface area contributed by atoms with Gasteiger partial charge in [0.1, 0.15) is 35.7 Å². The van der Waals surface area contributed by atoms with Crippen LogP contribution in [0.4, 0.5) is 17.3 Å². The first-order valence-electron chi connectivity index (χ1n) is 28.8. The minimum absolute atomic E-state index is 0.0177. The Hall–Kier alpha value is -7.53. The van der Waals surface area contributed by atoms with Gasteiger partial charge < -0.3 is 50.0 Å². The molecule has 1 aliphatic carbocycles. The Labute approximate surface area is 489 Å². The number of hydrogen-bond donors (Lipinski definition) is 4. The number of ether oxygens (including phenoxy) is 4. The van der Waals surface area contributed by atoms with Gasteiger partial charge in [-0.1, -0.05) is 49.6 Å². The topological polar surface area (TPSA) is 232 Å². The van der Waals surface area contributed by atoms with E-state index in [4.69, 9.17) is 23.9 Å². The Morgan fingerprint density at radius 3 is 2.29 bits per heavy atom. The van der Waals surface area contributed by atoms with Crippen LogP contribution in [0.3, 0.4) is 0 Å². The van der Waals surface area contributed by atoms with Crippen molar-refractivity contribution in [2.24, 2.45) is 5.92 Å². The summed E-state index contributed by atoms with van der Waals surface area (Å²) in [7, 11) is 1.73. The van der Waals surface area contributed by atoms with Crippen molar-refractivity contribution in [3.8, 4) is 17.0 Å². The summed E-state index contributed by atoms with van der Waals surface area (Å²) in [6.45, 7) is 9.55. The molecule has 3 aromatic heterocycles. The second-order valence-corrected chi connectivity index (χ2v) is 22.0. The monoisotopic (exact) mass is 1150 g/mol. The molecule has 0 bridgehead atoms. The molecular formula is C62H75N11O9S. The Morgan fingerprint density at radius 2 is 1.53 bits per heavy atom. The third-order valence-corrected chi connectivity index (χ3v) is 16.3. The van der Waals surface area contributed by atoms with Crippen molar-refractivity contribution in [2.75, 3.05) is 96.7 Å². The van der Waals surface area contributed by atoms with Crippen molar-refractivity contribution in [2.45, 2.75) is 83.5 Å². The van der Waals surface area contributed by atoms with E-state index >= 15 is 0 Å². The minimum Gasteiger partial charge on any atom is -0.491 e.